The number of aromatic nitrogens is 2. The Bertz CT molecular complexity index is 1480. The lowest BCUT2D eigenvalue weighted by molar-refractivity contribution is -0.132. The SMILES string of the molecule is COc1ccc(/C(O)=C2\C(=O)C(=O)N(c3nc4ccccc4[nH]3)C2c2ccccc2F)cc1OC. The number of nitrogens with zero attached hydrogens (tertiary/aromatic N) is 2. The van der Waals surface area contributed by atoms with Gasteiger partial charge in [-0.3, -0.25) is 14.5 Å². The quantitative estimate of drug-likeness (QED) is 0.254. The Morgan fingerprint density at radius 1 is 1.00 bits per heavy atom. The highest BCUT2D eigenvalue weighted by atomic mass is 19.1. The maximum absolute atomic E-state index is 15.0. The lowest BCUT2D eigenvalue weighted by Gasteiger charge is -2.23. The van der Waals surface area contributed by atoms with Gasteiger partial charge >= 0.3 is 5.91 Å². The standard InChI is InChI=1S/C26H20FN3O5/c1-34-19-12-11-14(13-20(19)35-2)23(31)21-22(15-7-3-4-8-16(15)27)30(25(33)24(21)32)26-28-17-9-5-6-10-18(17)29-26/h3-13,22,31H,1-2H3,(H,28,29)/b23-21+. The highest BCUT2D eigenvalue weighted by Crippen LogP contribution is 2.43. The molecule has 4 aromatic rings. The predicted octanol–water partition coefficient (Wildman–Crippen LogP) is 4.35. The number of hydrogen-bond donors (Lipinski definition) is 2. The summed E-state index contributed by atoms with van der Waals surface area (Å²) in [5, 5.41) is 11.2. The number of para-hydroxylation sites is 2. The molecule has 0 saturated carbocycles. The number of benzene rings is 3. The number of H-pyrrole nitrogens is 1. The second-order valence-corrected chi connectivity index (χ2v) is 7.84. The van der Waals surface area contributed by atoms with Crippen LogP contribution < -0.4 is 14.4 Å². The van der Waals surface area contributed by atoms with Gasteiger partial charge in [-0.05, 0) is 36.4 Å². The summed E-state index contributed by atoms with van der Waals surface area (Å²) in [5.74, 6) is -2.24. The van der Waals surface area contributed by atoms with Crippen molar-refractivity contribution in [3.05, 3.63) is 89.2 Å². The topological polar surface area (TPSA) is 105 Å². The first kappa shape index (κ1) is 22.1. The van der Waals surface area contributed by atoms with E-state index in [0.29, 0.717) is 22.5 Å². The number of carbonyl (C=O) groups is 2. The molecule has 3 aromatic carbocycles. The molecule has 1 amide bonds. The number of methoxy groups -OCH3 is 2. The molecule has 1 saturated heterocycles. The van der Waals surface area contributed by atoms with E-state index in [1.807, 2.05) is 0 Å². The van der Waals surface area contributed by atoms with Gasteiger partial charge in [0.1, 0.15) is 17.6 Å². The zero-order valence-electron chi connectivity index (χ0n) is 18.8. The van der Waals surface area contributed by atoms with Crippen molar-refractivity contribution in [2.24, 2.45) is 0 Å². The minimum Gasteiger partial charge on any atom is -0.507 e. The van der Waals surface area contributed by atoms with E-state index in [9.17, 15) is 14.7 Å². The second kappa shape index (κ2) is 8.60. The van der Waals surface area contributed by atoms with E-state index in [1.54, 1.807) is 36.4 Å². The average molecular weight is 473 g/mol. The molecule has 176 valence electrons. The summed E-state index contributed by atoms with van der Waals surface area (Å²) < 4.78 is 25.6. The Morgan fingerprint density at radius 2 is 1.71 bits per heavy atom. The van der Waals surface area contributed by atoms with Crippen LogP contribution in [0.1, 0.15) is 17.2 Å². The number of carbonyl (C=O) groups excluding carboxylic acids is 2. The molecule has 1 fully saturated rings. The molecule has 1 unspecified atom stereocenters. The Balaban J connectivity index is 1.74. The molecule has 8 nitrogen and oxygen atoms in total. The molecular weight excluding hydrogens is 453 g/mol. The van der Waals surface area contributed by atoms with E-state index < -0.39 is 29.3 Å². The Morgan fingerprint density at radius 3 is 2.43 bits per heavy atom. The van der Waals surface area contributed by atoms with Gasteiger partial charge in [0, 0.05) is 11.1 Å². The predicted molar refractivity (Wildman–Crippen MR) is 127 cm³/mol. The molecule has 2 heterocycles. The van der Waals surface area contributed by atoms with Crippen molar-refractivity contribution < 1.29 is 28.6 Å². The lowest BCUT2D eigenvalue weighted by Crippen LogP contribution is -2.30. The zero-order valence-corrected chi connectivity index (χ0v) is 18.8. The summed E-state index contributed by atoms with van der Waals surface area (Å²) in [6.07, 6.45) is 0. The van der Waals surface area contributed by atoms with Gasteiger partial charge < -0.3 is 19.6 Å². The van der Waals surface area contributed by atoms with E-state index in [4.69, 9.17) is 9.47 Å². The number of hydrogen-bond acceptors (Lipinski definition) is 6. The number of fused-ring (bicyclic) bond motifs is 1. The van der Waals surface area contributed by atoms with Gasteiger partial charge in [-0.1, -0.05) is 30.3 Å². The highest BCUT2D eigenvalue weighted by Gasteiger charge is 2.49. The summed E-state index contributed by atoms with van der Waals surface area (Å²) in [5.41, 5.74) is 1.17. The number of halogens is 1. The molecule has 0 spiro atoms. The van der Waals surface area contributed by atoms with Crippen LogP contribution in [0.2, 0.25) is 0 Å². The number of imidazole rings is 1. The van der Waals surface area contributed by atoms with Crippen LogP contribution in [0, 0.1) is 5.82 Å². The largest absolute Gasteiger partial charge is 0.507 e. The molecule has 9 heteroatoms. The average Bonchev–Trinajstić information content (AvgIpc) is 3.41. The smallest absolute Gasteiger partial charge is 0.302 e. The molecule has 5 rings (SSSR count). The van der Waals surface area contributed by atoms with Crippen LogP contribution in [-0.4, -0.2) is 41.0 Å². The second-order valence-electron chi connectivity index (χ2n) is 7.84. The molecule has 0 bridgehead atoms. The monoisotopic (exact) mass is 473 g/mol. The van der Waals surface area contributed by atoms with Crippen molar-refractivity contribution in [3.8, 4) is 11.5 Å². The van der Waals surface area contributed by atoms with Crippen LogP contribution in [0.15, 0.2) is 72.3 Å². The summed E-state index contributed by atoms with van der Waals surface area (Å²) in [7, 11) is 2.90. The fraction of sp³-hybridized carbons (Fsp3) is 0.115. The van der Waals surface area contributed by atoms with Crippen molar-refractivity contribution in [2.75, 3.05) is 19.1 Å². The van der Waals surface area contributed by atoms with Crippen LogP contribution in [0.4, 0.5) is 10.3 Å². The molecule has 1 aliphatic heterocycles. The molecule has 1 atom stereocenters. The van der Waals surface area contributed by atoms with Gasteiger partial charge in [-0.2, -0.15) is 0 Å². The number of ketones is 1. The van der Waals surface area contributed by atoms with Crippen molar-refractivity contribution in [1.82, 2.24) is 9.97 Å². The van der Waals surface area contributed by atoms with Gasteiger partial charge in [-0.25, -0.2) is 9.37 Å². The number of rotatable bonds is 5. The third-order valence-corrected chi connectivity index (χ3v) is 5.91. The maximum Gasteiger partial charge on any atom is 0.302 e. The number of amides is 1. The first-order valence-corrected chi connectivity index (χ1v) is 10.7. The zero-order chi connectivity index (χ0) is 24.7. The number of aliphatic hydroxyl groups excluding tert-OH is 1. The van der Waals surface area contributed by atoms with E-state index in [2.05, 4.69) is 9.97 Å². The Labute approximate surface area is 199 Å². The van der Waals surface area contributed by atoms with E-state index >= 15 is 4.39 Å². The fourth-order valence-electron chi connectivity index (χ4n) is 4.23. The normalized spacial score (nSPS) is 17.2. The van der Waals surface area contributed by atoms with Gasteiger partial charge in [0.05, 0.1) is 30.8 Å². The first-order valence-electron chi connectivity index (χ1n) is 10.7. The van der Waals surface area contributed by atoms with Crippen molar-refractivity contribution in [3.63, 3.8) is 0 Å². The highest BCUT2D eigenvalue weighted by molar-refractivity contribution is 6.51. The van der Waals surface area contributed by atoms with E-state index in [-0.39, 0.29) is 22.6 Å². The van der Waals surface area contributed by atoms with Crippen LogP contribution >= 0.6 is 0 Å². The minimum absolute atomic E-state index is 0.0363. The van der Waals surface area contributed by atoms with E-state index in [1.165, 1.54) is 44.6 Å². The molecule has 0 aliphatic carbocycles. The summed E-state index contributed by atoms with van der Waals surface area (Å²) in [4.78, 5) is 35.0. The van der Waals surface area contributed by atoms with Crippen molar-refractivity contribution >= 4 is 34.4 Å². The van der Waals surface area contributed by atoms with Gasteiger partial charge in [0.15, 0.2) is 11.5 Å². The summed E-state index contributed by atoms with van der Waals surface area (Å²) in [6.45, 7) is 0. The summed E-state index contributed by atoms with van der Waals surface area (Å²) in [6, 6.07) is 16.2. The van der Waals surface area contributed by atoms with Crippen LogP contribution in [0.5, 0.6) is 11.5 Å². The summed E-state index contributed by atoms with van der Waals surface area (Å²) >= 11 is 0. The van der Waals surface area contributed by atoms with Gasteiger partial charge in [0.2, 0.25) is 5.95 Å². The minimum atomic E-state index is -1.26. The number of Topliss-reactive ketones (excluding diaryl/α,β-unsaturated/α-hetero) is 1. The molecule has 35 heavy (non-hydrogen) atoms. The van der Waals surface area contributed by atoms with Gasteiger partial charge in [0.25, 0.3) is 5.78 Å². The van der Waals surface area contributed by atoms with Crippen molar-refractivity contribution in [1.29, 1.82) is 0 Å². The van der Waals surface area contributed by atoms with Crippen LogP contribution in [0.3, 0.4) is 0 Å². The number of anilines is 1. The third-order valence-electron chi connectivity index (χ3n) is 5.91. The number of nitrogens with one attached hydrogen (secondary N) is 1. The third kappa shape index (κ3) is 3.57. The molecular formula is C26H20FN3O5. The lowest BCUT2D eigenvalue weighted by atomic mass is 9.95. The molecule has 0 radical (unpaired) electrons. The first-order chi connectivity index (χ1) is 16.9. The maximum atomic E-state index is 15.0. The molecule has 2 N–H and O–H groups in total. The van der Waals surface area contributed by atoms with Crippen LogP contribution in [-0.2, 0) is 9.59 Å². The fourth-order valence-corrected chi connectivity index (χ4v) is 4.23. The van der Waals surface area contributed by atoms with Gasteiger partial charge in [-0.15, -0.1) is 0 Å². The Kier molecular flexibility index (Phi) is 5.44. The van der Waals surface area contributed by atoms with Crippen LogP contribution in [0.25, 0.3) is 16.8 Å². The number of ether oxygens (including phenoxy) is 2. The molecule has 1 aliphatic rings. The van der Waals surface area contributed by atoms with Crippen molar-refractivity contribution in [2.45, 2.75) is 6.04 Å². The number of aromatic amines is 1. The Hall–Kier alpha value is -4.66. The van der Waals surface area contributed by atoms with E-state index in [0.717, 1.165) is 4.90 Å². The molecule has 1 aromatic heterocycles. The number of aliphatic hydroxyl groups is 1.